The Balaban J connectivity index is 1.58. The Morgan fingerprint density at radius 3 is 2.53 bits per heavy atom. The zero-order valence-corrected chi connectivity index (χ0v) is 18.1. The number of anilines is 1. The molecule has 1 N–H and O–H groups in total. The zero-order chi connectivity index (χ0) is 22.7. The van der Waals surface area contributed by atoms with Crippen LogP contribution in [0.3, 0.4) is 0 Å². The van der Waals surface area contributed by atoms with Gasteiger partial charge in [0.05, 0.1) is 18.4 Å². The smallest absolute Gasteiger partial charge is 0.344 e. The minimum Gasteiger partial charge on any atom is -0.495 e. The molecule has 4 aromatic rings. The number of methoxy groups -OCH3 is 1. The molecule has 32 heavy (non-hydrogen) atoms. The number of aryl methyl sites for hydroxylation is 2. The Bertz CT molecular complexity index is 1360. The van der Waals surface area contributed by atoms with Crippen LogP contribution in [0.2, 0.25) is 0 Å². The number of benzene rings is 3. The van der Waals surface area contributed by atoms with Crippen molar-refractivity contribution in [3.8, 4) is 22.6 Å². The quantitative estimate of drug-likeness (QED) is 0.431. The van der Waals surface area contributed by atoms with Crippen LogP contribution in [0, 0.1) is 13.8 Å². The molecule has 1 heterocycles. The molecule has 0 bridgehead atoms. The number of fused-ring (bicyclic) bond motifs is 1. The highest BCUT2D eigenvalue weighted by atomic mass is 16.5. The molecule has 1 aromatic heterocycles. The standard InChI is InChI=1S/C26H23NO5/c1-16-8-10-22(17(2)12-16)31-15-25(28)27-21-14-18(9-11-24(21)30-3)20-13-19-6-4-5-7-23(19)32-26(20)29/h4-14H,15H2,1-3H3,(H,27,28). The number of carbonyl (C=O) groups is 1. The number of amides is 1. The second-order valence-corrected chi connectivity index (χ2v) is 7.51. The van der Waals surface area contributed by atoms with Crippen molar-refractivity contribution in [2.24, 2.45) is 0 Å². The summed E-state index contributed by atoms with van der Waals surface area (Å²) in [6, 6.07) is 20.0. The van der Waals surface area contributed by atoms with Crippen molar-refractivity contribution < 1.29 is 18.7 Å². The largest absolute Gasteiger partial charge is 0.495 e. The van der Waals surface area contributed by atoms with Crippen LogP contribution >= 0.6 is 0 Å². The van der Waals surface area contributed by atoms with Gasteiger partial charge in [0, 0.05) is 5.39 Å². The Kier molecular flexibility index (Phi) is 5.94. The highest BCUT2D eigenvalue weighted by Gasteiger charge is 2.14. The molecule has 0 unspecified atom stereocenters. The van der Waals surface area contributed by atoms with Gasteiger partial charge in [0.1, 0.15) is 17.1 Å². The van der Waals surface area contributed by atoms with Crippen LogP contribution in [0.15, 0.2) is 75.9 Å². The van der Waals surface area contributed by atoms with Crippen molar-refractivity contribution in [3.05, 3.63) is 88.3 Å². The molecule has 1 amide bonds. The van der Waals surface area contributed by atoms with Crippen LogP contribution in [0.5, 0.6) is 11.5 Å². The molecule has 6 heteroatoms. The molecule has 3 aromatic carbocycles. The first-order chi connectivity index (χ1) is 15.4. The van der Waals surface area contributed by atoms with E-state index in [1.165, 1.54) is 7.11 Å². The average molecular weight is 429 g/mol. The van der Waals surface area contributed by atoms with Crippen molar-refractivity contribution in [1.29, 1.82) is 0 Å². The topological polar surface area (TPSA) is 77.8 Å². The van der Waals surface area contributed by atoms with Gasteiger partial charge in [-0.3, -0.25) is 4.79 Å². The summed E-state index contributed by atoms with van der Waals surface area (Å²) in [5.41, 5.74) is 3.59. The minimum atomic E-state index is -0.454. The molecular formula is C26H23NO5. The first kappa shape index (κ1) is 21.2. The summed E-state index contributed by atoms with van der Waals surface area (Å²) in [6.45, 7) is 3.77. The number of nitrogens with one attached hydrogen (secondary N) is 1. The number of para-hydroxylation sites is 1. The predicted molar refractivity (Wildman–Crippen MR) is 125 cm³/mol. The van der Waals surface area contributed by atoms with Crippen LogP contribution in [0.1, 0.15) is 11.1 Å². The molecule has 0 saturated carbocycles. The third-order valence-electron chi connectivity index (χ3n) is 5.12. The lowest BCUT2D eigenvalue weighted by Gasteiger charge is -2.13. The van der Waals surface area contributed by atoms with E-state index in [2.05, 4.69) is 5.32 Å². The second kappa shape index (κ2) is 8.98. The summed E-state index contributed by atoms with van der Waals surface area (Å²) >= 11 is 0. The van der Waals surface area contributed by atoms with E-state index in [9.17, 15) is 9.59 Å². The van der Waals surface area contributed by atoms with Gasteiger partial charge < -0.3 is 19.2 Å². The van der Waals surface area contributed by atoms with Crippen LogP contribution < -0.4 is 20.4 Å². The van der Waals surface area contributed by atoms with Crippen LogP contribution in [0.25, 0.3) is 22.1 Å². The van der Waals surface area contributed by atoms with E-state index >= 15 is 0 Å². The Morgan fingerprint density at radius 2 is 1.75 bits per heavy atom. The first-order valence-electron chi connectivity index (χ1n) is 10.2. The Labute approximate surface area is 185 Å². The molecule has 0 aliphatic rings. The molecule has 4 rings (SSSR count). The predicted octanol–water partition coefficient (Wildman–Crippen LogP) is 5.10. The molecular weight excluding hydrogens is 406 g/mol. The lowest BCUT2D eigenvalue weighted by molar-refractivity contribution is -0.118. The monoisotopic (exact) mass is 429 g/mol. The number of rotatable bonds is 6. The van der Waals surface area contributed by atoms with Gasteiger partial charge in [-0.2, -0.15) is 0 Å². The van der Waals surface area contributed by atoms with Crippen molar-refractivity contribution in [2.45, 2.75) is 13.8 Å². The van der Waals surface area contributed by atoms with Gasteiger partial charge in [0.25, 0.3) is 5.91 Å². The van der Waals surface area contributed by atoms with Crippen molar-refractivity contribution in [3.63, 3.8) is 0 Å². The van der Waals surface area contributed by atoms with E-state index in [4.69, 9.17) is 13.9 Å². The van der Waals surface area contributed by atoms with Gasteiger partial charge in [-0.1, -0.05) is 42.0 Å². The summed E-state index contributed by atoms with van der Waals surface area (Å²) in [6.07, 6.45) is 0. The van der Waals surface area contributed by atoms with Gasteiger partial charge in [0.15, 0.2) is 6.61 Å². The second-order valence-electron chi connectivity index (χ2n) is 7.51. The number of hydrogen-bond donors (Lipinski definition) is 1. The number of carbonyl (C=O) groups excluding carboxylic acids is 1. The maximum Gasteiger partial charge on any atom is 0.344 e. The third kappa shape index (κ3) is 4.49. The molecule has 0 saturated heterocycles. The fourth-order valence-electron chi connectivity index (χ4n) is 3.53. The summed E-state index contributed by atoms with van der Waals surface area (Å²) in [5.74, 6) is 0.782. The Morgan fingerprint density at radius 1 is 0.969 bits per heavy atom. The minimum absolute atomic E-state index is 0.157. The third-order valence-corrected chi connectivity index (χ3v) is 5.12. The maximum absolute atomic E-state index is 12.5. The summed E-state index contributed by atoms with van der Waals surface area (Å²) in [7, 11) is 1.52. The fourth-order valence-corrected chi connectivity index (χ4v) is 3.53. The molecule has 162 valence electrons. The van der Waals surface area contributed by atoms with Gasteiger partial charge in [-0.05, 0) is 55.3 Å². The van der Waals surface area contributed by atoms with Crippen LogP contribution in [0.4, 0.5) is 5.69 Å². The van der Waals surface area contributed by atoms with Crippen molar-refractivity contribution in [2.75, 3.05) is 19.0 Å². The molecule has 0 aliphatic carbocycles. The number of ether oxygens (including phenoxy) is 2. The SMILES string of the molecule is COc1ccc(-c2cc3ccccc3oc2=O)cc1NC(=O)COc1ccc(C)cc1C. The molecule has 0 aliphatic heterocycles. The molecule has 0 fully saturated rings. The van der Waals surface area contributed by atoms with Crippen LogP contribution in [-0.4, -0.2) is 19.6 Å². The maximum atomic E-state index is 12.5. The van der Waals surface area contributed by atoms with Crippen molar-refractivity contribution in [1.82, 2.24) is 0 Å². The van der Waals surface area contributed by atoms with E-state index in [0.29, 0.717) is 33.9 Å². The van der Waals surface area contributed by atoms with E-state index in [-0.39, 0.29) is 12.5 Å². The summed E-state index contributed by atoms with van der Waals surface area (Å²) in [5, 5.41) is 3.62. The normalized spacial score (nSPS) is 10.7. The molecule has 6 nitrogen and oxygen atoms in total. The van der Waals surface area contributed by atoms with E-state index in [1.807, 2.05) is 50.2 Å². The number of hydrogen-bond acceptors (Lipinski definition) is 5. The highest BCUT2D eigenvalue weighted by Crippen LogP contribution is 2.30. The summed E-state index contributed by atoms with van der Waals surface area (Å²) < 4.78 is 16.5. The summed E-state index contributed by atoms with van der Waals surface area (Å²) in [4.78, 5) is 25.1. The molecule has 0 atom stereocenters. The van der Waals surface area contributed by atoms with E-state index in [0.717, 1.165) is 16.5 Å². The fraction of sp³-hybridized carbons (Fsp3) is 0.154. The highest BCUT2D eigenvalue weighted by molar-refractivity contribution is 5.94. The van der Waals surface area contributed by atoms with Gasteiger partial charge in [-0.25, -0.2) is 4.79 Å². The van der Waals surface area contributed by atoms with Crippen molar-refractivity contribution >= 4 is 22.6 Å². The molecule has 0 radical (unpaired) electrons. The van der Waals surface area contributed by atoms with E-state index in [1.54, 1.807) is 30.3 Å². The van der Waals surface area contributed by atoms with Gasteiger partial charge >= 0.3 is 5.63 Å². The molecule has 0 spiro atoms. The average Bonchev–Trinajstić information content (AvgIpc) is 2.78. The van der Waals surface area contributed by atoms with E-state index < -0.39 is 5.63 Å². The zero-order valence-electron chi connectivity index (χ0n) is 18.1. The van der Waals surface area contributed by atoms with Crippen LogP contribution in [-0.2, 0) is 4.79 Å². The van der Waals surface area contributed by atoms with Gasteiger partial charge in [-0.15, -0.1) is 0 Å². The lowest BCUT2D eigenvalue weighted by Crippen LogP contribution is -2.21. The Hall–Kier alpha value is -4.06. The lowest BCUT2D eigenvalue weighted by atomic mass is 10.0. The first-order valence-corrected chi connectivity index (χ1v) is 10.2. The van der Waals surface area contributed by atoms with Gasteiger partial charge in [0.2, 0.25) is 0 Å².